The number of hydrogen-bond acceptors (Lipinski definition) is 24. The van der Waals surface area contributed by atoms with Crippen LogP contribution in [0.1, 0.15) is 132 Å². The maximum Gasteiger partial charge on any atom is 0.243 e. The largest absolute Gasteiger partial charge is 0.370 e. The predicted octanol–water partition coefficient (Wildman–Crippen LogP) is -6.32. The molecule has 0 radical (unpaired) electrons. The Labute approximate surface area is 702 Å². The summed E-state index contributed by atoms with van der Waals surface area (Å²) in [6, 6.07) is 10.1. The van der Waals surface area contributed by atoms with Gasteiger partial charge in [0, 0.05) is 101 Å². The summed E-state index contributed by atoms with van der Waals surface area (Å²) in [5, 5.41) is 34.9. The van der Waals surface area contributed by atoms with Gasteiger partial charge in [0.25, 0.3) is 0 Å². The number of benzene rings is 3. The average molecular weight is 1700 g/mol. The molecule has 0 saturated carbocycles. The number of nitrogens with two attached hydrogens (primary N) is 14. The van der Waals surface area contributed by atoms with E-state index in [2.05, 4.69) is 77.8 Å². The van der Waals surface area contributed by atoms with Crippen LogP contribution in [-0.4, -0.2) is 198 Å². The number of fused-ring (bicyclic) bond motifs is 4. The first-order valence-electron chi connectivity index (χ1n) is 39.5. The lowest BCUT2D eigenvalue weighted by Crippen LogP contribution is -2.56. The molecule has 35 N–H and O–H groups in total. The second-order valence-electron chi connectivity index (χ2n) is 30.2. The third-order valence-corrected chi connectivity index (χ3v) is 19.5. The Morgan fingerprint density at radius 1 is 0.434 bits per heavy atom. The van der Waals surface area contributed by atoms with Gasteiger partial charge in [-0.3, -0.25) is 81.5 Å². The van der Waals surface area contributed by atoms with Crippen molar-refractivity contribution in [2.24, 2.45) is 124 Å². The number of aromatic nitrogens is 6. The van der Waals surface area contributed by atoms with E-state index in [4.69, 9.17) is 80.3 Å². The molecule has 7 rings (SSSR count). The quantitative estimate of drug-likeness (QED) is 0.0164. The van der Waals surface area contributed by atoms with Gasteiger partial charge >= 0.3 is 0 Å². The van der Waals surface area contributed by atoms with E-state index in [-0.39, 0.29) is 139 Å². The summed E-state index contributed by atoms with van der Waals surface area (Å²) in [5.74, 6) is -13.9. The zero-order valence-corrected chi connectivity index (χ0v) is 68.0. The van der Waals surface area contributed by atoms with Crippen molar-refractivity contribution >= 4 is 123 Å². The molecular formula is C77H113N31O14. The summed E-state index contributed by atoms with van der Waals surface area (Å²) in [4.78, 5) is 203. The minimum atomic E-state index is -1.34. The van der Waals surface area contributed by atoms with Gasteiger partial charge in [0.15, 0.2) is 35.4 Å². The highest BCUT2D eigenvalue weighted by Crippen LogP contribution is 2.26. The van der Waals surface area contributed by atoms with E-state index in [1.54, 1.807) is 79.0 Å². The van der Waals surface area contributed by atoms with Gasteiger partial charge in [-0.2, -0.15) is 0 Å². The van der Waals surface area contributed by atoms with Crippen LogP contribution in [0, 0.1) is 23.7 Å². The molecule has 5 aromatic rings. The molecule has 3 aromatic carbocycles. The first kappa shape index (κ1) is 97.0. The number of nitrogens with zero attached hydrogens (tertiary/aromatic N) is 10. The van der Waals surface area contributed by atoms with E-state index in [9.17, 15) is 67.1 Å². The fourth-order valence-electron chi connectivity index (χ4n) is 13.2. The first-order chi connectivity index (χ1) is 57.7. The maximum absolute atomic E-state index is 14.6. The van der Waals surface area contributed by atoms with Gasteiger partial charge in [-0.15, -0.1) is 10.2 Å². The van der Waals surface area contributed by atoms with Gasteiger partial charge < -0.3 is 117 Å². The minimum Gasteiger partial charge on any atom is -0.370 e. The highest BCUT2D eigenvalue weighted by atomic mass is 16.2. The van der Waals surface area contributed by atoms with Crippen LogP contribution in [0.25, 0.3) is 0 Å². The molecular weight excluding hydrogens is 1580 g/mol. The zero-order chi connectivity index (χ0) is 89.9. The number of nitrogens with one attached hydrogen (secondary N) is 7. The number of Topliss-reactive ketones (excluding diaryl/α,β-unsaturated/α-hetero) is 3. The van der Waals surface area contributed by atoms with Crippen molar-refractivity contribution in [3.05, 3.63) is 113 Å². The van der Waals surface area contributed by atoms with Crippen LogP contribution >= 0.6 is 0 Å². The third kappa shape index (κ3) is 34.6. The molecule has 4 bridgehead atoms. The van der Waals surface area contributed by atoms with Crippen molar-refractivity contribution in [2.45, 2.75) is 197 Å². The smallest absolute Gasteiger partial charge is 0.243 e. The SMILES string of the molecule is CC(C)C[C@@H]1NC(=O)[C@@H](N)Cc2cn(nn2)CCC(C(N)=O)NC(=O)[C@H](Cc2ccc(N=C(N)N)cc2)CC(=O)CNC(=O)C(CCCN=C(N)N)NC1=O.NC(=O)CC[C@H]1CC(=O)[C@@H](CCC(N)=O)NC(=O)[C@@H](N)Cc2cn(nn2)CCCCC(C(N)=O)NC(=O)[C@@H](Cc2ccc(N=C(N)N)cc2)NC(=O)[C@@H](Cc2ccc(N=C(N)N)cc2)CC1=O. The number of amides is 11. The van der Waals surface area contributed by atoms with E-state index in [1.165, 1.54) is 15.6 Å². The fraction of sp³-hybridized carbons (Fsp3) is 0.481. The molecule has 2 aliphatic heterocycles. The van der Waals surface area contributed by atoms with Crippen LogP contribution < -0.4 is 117 Å². The number of aliphatic imine (C=N–C) groups is 4. The zero-order valence-electron chi connectivity index (χ0n) is 68.0. The summed E-state index contributed by atoms with van der Waals surface area (Å²) in [7, 11) is 0. The van der Waals surface area contributed by atoms with Crippen LogP contribution in [0.2, 0.25) is 0 Å². The third-order valence-electron chi connectivity index (χ3n) is 19.5. The molecule has 0 fully saturated rings. The molecule has 4 heterocycles. The molecule has 122 heavy (non-hydrogen) atoms. The van der Waals surface area contributed by atoms with Crippen molar-refractivity contribution in [3.8, 4) is 0 Å². The lowest BCUT2D eigenvalue weighted by atomic mass is 9.83. The van der Waals surface area contributed by atoms with Crippen molar-refractivity contribution in [1.82, 2.24) is 67.2 Å². The van der Waals surface area contributed by atoms with Crippen molar-refractivity contribution in [1.29, 1.82) is 0 Å². The Bertz CT molecular complexity index is 4590. The number of aryl methyl sites for hydroxylation is 2. The Balaban J connectivity index is 0.000000385. The van der Waals surface area contributed by atoms with Gasteiger partial charge in [0.1, 0.15) is 36.0 Å². The Morgan fingerprint density at radius 3 is 1.36 bits per heavy atom. The van der Waals surface area contributed by atoms with Gasteiger partial charge in [-0.05, 0) is 130 Å². The number of carbonyl (C=O) groups excluding carboxylic acids is 14. The Hall–Kier alpha value is -13.9. The van der Waals surface area contributed by atoms with Crippen molar-refractivity contribution < 1.29 is 67.1 Å². The van der Waals surface area contributed by atoms with Crippen LogP contribution in [-0.2, 0) is 112 Å². The van der Waals surface area contributed by atoms with E-state index >= 15 is 0 Å². The molecule has 0 saturated heterocycles. The second-order valence-corrected chi connectivity index (χ2v) is 30.2. The van der Waals surface area contributed by atoms with Gasteiger partial charge in [0.2, 0.25) is 65.0 Å². The molecule has 45 nitrogen and oxygen atoms in total. The van der Waals surface area contributed by atoms with Crippen LogP contribution in [0.4, 0.5) is 17.1 Å². The molecule has 11 atom stereocenters. The van der Waals surface area contributed by atoms with Crippen molar-refractivity contribution in [3.63, 3.8) is 0 Å². The Kier molecular flexibility index (Phi) is 38.3. The molecule has 2 aliphatic rings. The van der Waals surface area contributed by atoms with Gasteiger partial charge in [-0.25, -0.2) is 15.0 Å². The topological polar surface area (TPSA) is 798 Å². The number of hydrogen-bond donors (Lipinski definition) is 21. The van der Waals surface area contributed by atoms with Crippen LogP contribution in [0.5, 0.6) is 0 Å². The molecule has 2 aromatic heterocycles. The number of guanidine groups is 4. The highest BCUT2D eigenvalue weighted by molar-refractivity contribution is 5.99. The molecule has 0 aliphatic carbocycles. The summed E-state index contributed by atoms with van der Waals surface area (Å²) >= 11 is 0. The summed E-state index contributed by atoms with van der Waals surface area (Å²) in [6.45, 7) is 3.84. The van der Waals surface area contributed by atoms with E-state index < -0.39 is 168 Å². The number of carbonyl (C=O) groups is 14. The fourth-order valence-corrected chi connectivity index (χ4v) is 13.2. The number of ketones is 3. The molecule has 3 unspecified atom stereocenters. The Morgan fingerprint density at radius 2 is 0.869 bits per heavy atom. The summed E-state index contributed by atoms with van der Waals surface area (Å²) in [6.07, 6.45) is 2.04. The van der Waals surface area contributed by atoms with E-state index in [1.807, 2.05) is 13.8 Å². The van der Waals surface area contributed by atoms with Crippen LogP contribution in [0.3, 0.4) is 0 Å². The lowest BCUT2D eigenvalue weighted by molar-refractivity contribution is -0.135. The molecule has 45 heteroatoms. The number of primary amides is 4. The molecule has 660 valence electrons. The standard InChI is InChI=1S/C43H60N16O8.C34H53N15O6/c44-30-21-29-22-59(58-57-29)16-2-1-3-32(38(47)64)55-41(67)33(18-24-6-11-28(12-7-24)53-43(50)51)56-39(65)26(17-23-4-9-27(10-5-23)52-42(48)49)20-34(60)25(8-14-36(45)62)19-35(61)31(54-40(30)66)13-15-37(46)63;1-18(2)12-27-32(55)45-26(4-3-10-41-33(37)38)31(54)42-16-23(50)14-20(13-19-5-7-21(8-6-19)43-34(39)40)29(52)44-25(28(36)51)9-11-49-17-22(47-48-49)15-24(35)30(53)46-27/h4-7,9-12,22,25-26,30-33H,1-3,8,13-21,44H2,(H2,45,62)(H2,46,63)(H2,47,64)(H,54,66)(H,55,67)(H,56,65)(H4,48,49,52)(H4,50,51,53);5-8,17-18,20,24-27H,3-4,9-16,35H2,1-2H3,(H2,36,51)(H,42,54)(H,44,52)(H,45,55)(H,46,53)(H4,37,38,41)(H4,39,40,43)/t25-,26-,30-,31+,32?,33+;20-,24+,25?,26?,27+/m01/s1. The first-order valence-corrected chi connectivity index (χ1v) is 39.5. The summed E-state index contributed by atoms with van der Waals surface area (Å²) in [5.41, 5.74) is 82.4. The molecule has 11 amide bonds. The average Bonchev–Trinajstić information content (AvgIpc) is 0.970. The second kappa shape index (κ2) is 48.2. The van der Waals surface area contributed by atoms with E-state index in [0.717, 1.165) is 0 Å². The van der Waals surface area contributed by atoms with Gasteiger partial charge in [0.05, 0.1) is 53.1 Å². The monoisotopic (exact) mass is 1700 g/mol. The lowest BCUT2D eigenvalue weighted by Gasteiger charge is -2.26. The van der Waals surface area contributed by atoms with E-state index in [0.29, 0.717) is 64.5 Å². The molecule has 0 spiro atoms. The summed E-state index contributed by atoms with van der Waals surface area (Å²) < 4.78 is 2.93. The highest BCUT2D eigenvalue weighted by Gasteiger charge is 2.37. The van der Waals surface area contributed by atoms with Crippen molar-refractivity contribution in [2.75, 3.05) is 13.1 Å². The van der Waals surface area contributed by atoms with Gasteiger partial charge in [-0.1, -0.05) is 60.7 Å². The number of rotatable bonds is 23. The van der Waals surface area contributed by atoms with Crippen LogP contribution in [0.15, 0.2) is 105 Å². The maximum atomic E-state index is 14.6. The normalized spacial score (nSPS) is 21.9. The predicted molar refractivity (Wildman–Crippen MR) is 447 cm³/mol. The minimum absolute atomic E-state index is 0.0247.